The number of aromatic nitrogens is 2. The van der Waals surface area contributed by atoms with Gasteiger partial charge >= 0.3 is 5.97 Å². The number of aliphatic carboxylic acids is 1. The van der Waals surface area contributed by atoms with E-state index in [9.17, 15) is 14.7 Å². The molecule has 0 spiro atoms. The second-order valence-corrected chi connectivity index (χ2v) is 5.24. The quantitative estimate of drug-likeness (QED) is 0.824. The minimum Gasteiger partial charge on any atom is -0.479 e. The molecule has 1 amide bonds. The molecule has 0 aromatic carbocycles. The SMILES string of the molecule is CN(CC(=O)NC(C(=O)O)c1cccs1)c1ncccn1. The molecule has 7 nitrogen and oxygen atoms in total. The zero-order valence-corrected chi connectivity index (χ0v) is 12.1. The molecule has 0 saturated heterocycles. The number of rotatable bonds is 6. The first-order chi connectivity index (χ1) is 10.1. The highest BCUT2D eigenvalue weighted by Gasteiger charge is 2.23. The average molecular weight is 306 g/mol. The maximum atomic E-state index is 12.0. The van der Waals surface area contributed by atoms with Gasteiger partial charge in [0, 0.05) is 24.3 Å². The van der Waals surface area contributed by atoms with Crippen LogP contribution in [0.5, 0.6) is 0 Å². The zero-order valence-electron chi connectivity index (χ0n) is 11.3. The zero-order chi connectivity index (χ0) is 15.2. The molecule has 0 bridgehead atoms. The van der Waals surface area contributed by atoms with E-state index in [2.05, 4.69) is 15.3 Å². The van der Waals surface area contributed by atoms with Crippen LogP contribution in [0.4, 0.5) is 5.95 Å². The average Bonchev–Trinajstić information content (AvgIpc) is 2.99. The first-order valence-electron chi connectivity index (χ1n) is 6.11. The molecule has 2 aromatic rings. The minimum atomic E-state index is -1.09. The Bertz CT molecular complexity index is 603. The van der Waals surface area contributed by atoms with E-state index in [0.29, 0.717) is 10.8 Å². The van der Waals surface area contributed by atoms with E-state index in [1.807, 2.05) is 0 Å². The second-order valence-electron chi connectivity index (χ2n) is 4.26. The largest absolute Gasteiger partial charge is 0.479 e. The van der Waals surface area contributed by atoms with Gasteiger partial charge in [0.15, 0.2) is 6.04 Å². The second kappa shape index (κ2) is 6.80. The van der Waals surface area contributed by atoms with Crippen LogP contribution in [0.1, 0.15) is 10.9 Å². The van der Waals surface area contributed by atoms with Crippen LogP contribution in [-0.2, 0) is 9.59 Å². The van der Waals surface area contributed by atoms with E-state index in [1.54, 1.807) is 47.9 Å². The minimum absolute atomic E-state index is 0.0286. The normalized spacial score (nSPS) is 11.7. The van der Waals surface area contributed by atoms with Crippen LogP contribution in [0.3, 0.4) is 0 Å². The lowest BCUT2D eigenvalue weighted by molar-refractivity contribution is -0.141. The van der Waals surface area contributed by atoms with Crippen molar-refractivity contribution >= 4 is 29.2 Å². The number of carbonyl (C=O) groups excluding carboxylic acids is 1. The molecule has 8 heteroatoms. The third kappa shape index (κ3) is 3.99. The molecule has 0 fully saturated rings. The molecule has 1 atom stereocenters. The van der Waals surface area contributed by atoms with Gasteiger partial charge in [-0.3, -0.25) is 4.79 Å². The number of thiophene rings is 1. The molecule has 0 aliphatic heterocycles. The van der Waals surface area contributed by atoms with Crippen molar-refractivity contribution in [2.75, 3.05) is 18.5 Å². The van der Waals surface area contributed by atoms with Gasteiger partial charge in [0.05, 0.1) is 6.54 Å². The van der Waals surface area contributed by atoms with Crippen molar-refractivity contribution in [2.24, 2.45) is 0 Å². The van der Waals surface area contributed by atoms with E-state index in [-0.39, 0.29) is 6.54 Å². The molecule has 2 N–H and O–H groups in total. The number of anilines is 1. The highest BCUT2D eigenvalue weighted by atomic mass is 32.1. The number of hydrogen-bond donors (Lipinski definition) is 2. The van der Waals surface area contributed by atoms with Crippen LogP contribution in [0, 0.1) is 0 Å². The molecule has 2 heterocycles. The van der Waals surface area contributed by atoms with Crippen LogP contribution >= 0.6 is 11.3 Å². The Labute approximate surface area is 125 Å². The van der Waals surface area contributed by atoms with Gasteiger partial charge in [-0.2, -0.15) is 0 Å². The maximum Gasteiger partial charge on any atom is 0.331 e. The summed E-state index contributed by atoms with van der Waals surface area (Å²) < 4.78 is 0. The third-order valence-electron chi connectivity index (χ3n) is 2.65. The molecule has 0 aliphatic rings. The summed E-state index contributed by atoms with van der Waals surface area (Å²) in [4.78, 5) is 33.4. The highest BCUT2D eigenvalue weighted by Crippen LogP contribution is 2.19. The Morgan fingerprint density at radius 1 is 1.38 bits per heavy atom. The van der Waals surface area contributed by atoms with Gasteiger partial charge in [-0.25, -0.2) is 14.8 Å². The Morgan fingerprint density at radius 2 is 2.10 bits per heavy atom. The summed E-state index contributed by atoms with van der Waals surface area (Å²) >= 11 is 1.28. The number of carboxylic acid groups (broad SMARTS) is 1. The summed E-state index contributed by atoms with van der Waals surface area (Å²) in [6, 6.07) is 4.05. The van der Waals surface area contributed by atoms with Gasteiger partial charge < -0.3 is 15.3 Å². The molecular formula is C13H14N4O3S. The van der Waals surface area contributed by atoms with Crippen LogP contribution in [0.25, 0.3) is 0 Å². The van der Waals surface area contributed by atoms with E-state index < -0.39 is 17.9 Å². The number of carboxylic acids is 1. The van der Waals surface area contributed by atoms with Crippen LogP contribution in [-0.4, -0.2) is 40.5 Å². The summed E-state index contributed by atoms with van der Waals surface area (Å²) in [6.07, 6.45) is 3.14. The number of carbonyl (C=O) groups is 2. The highest BCUT2D eigenvalue weighted by molar-refractivity contribution is 7.10. The lowest BCUT2D eigenvalue weighted by Crippen LogP contribution is -2.40. The molecule has 0 radical (unpaired) electrons. The number of nitrogens with zero attached hydrogens (tertiary/aromatic N) is 3. The predicted molar refractivity (Wildman–Crippen MR) is 78.1 cm³/mol. The first kappa shape index (κ1) is 14.9. The third-order valence-corrected chi connectivity index (χ3v) is 3.59. The topological polar surface area (TPSA) is 95.4 Å². The summed E-state index contributed by atoms with van der Waals surface area (Å²) in [5, 5.41) is 13.5. The van der Waals surface area contributed by atoms with E-state index >= 15 is 0 Å². The Kier molecular flexibility index (Phi) is 4.83. The van der Waals surface area contributed by atoms with Crippen molar-refractivity contribution in [1.29, 1.82) is 0 Å². The standard InChI is InChI=1S/C13H14N4O3S/c1-17(13-14-5-3-6-15-13)8-10(18)16-11(12(19)20)9-4-2-7-21-9/h2-7,11H,8H2,1H3,(H,16,18)(H,19,20). The van der Waals surface area contributed by atoms with E-state index in [1.165, 1.54) is 11.3 Å². The van der Waals surface area contributed by atoms with Crippen LogP contribution in [0.2, 0.25) is 0 Å². The fourth-order valence-corrected chi connectivity index (χ4v) is 2.46. The van der Waals surface area contributed by atoms with Crippen LogP contribution < -0.4 is 10.2 Å². The van der Waals surface area contributed by atoms with Gasteiger partial charge in [-0.05, 0) is 17.5 Å². The van der Waals surface area contributed by atoms with E-state index in [0.717, 1.165) is 0 Å². The van der Waals surface area contributed by atoms with Gasteiger partial charge in [0.25, 0.3) is 0 Å². The molecule has 21 heavy (non-hydrogen) atoms. The molecular weight excluding hydrogens is 292 g/mol. The van der Waals surface area contributed by atoms with Crippen molar-refractivity contribution in [1.82, 2.24) is 15.3 Å². The molecule has 2 rings (SSSR count). The van der Waals surface area contributed by atoms with Crippen molar-refractivity contribution in [3.05, 3.63) is 40.8 Å². The lowest BCUT2D eigenvalue weighted by Gasteiger charge is -2.18. The Balaban J connectivity index is 1.99. The number of likely N-dealkylation sites (N-methyl/N-ethyl adjacent to an activating group) is 1. The van der Waals surface area contributed by atoms with Crippen molar-refractivity contribution in [2.45, 2.75) is 6.04 Å². The fourth-order valence-electron chi connectivity index (χ4n) is 1.69. The summed E-state index contributed by atoms with van der Waals surface area (Å²) in [5.41, 5.74) is 0. The first-order valence-corrected chi connectivity index (χ1v) is 6.99. The number of hydrogen-bond acceptors (Lipinski definition) is 6. The Hall–Kier alpha value is -2.48. The Morgan fingerprint density at radius 3 is 2.67 bits per heavy atom. The van der Waals surface area contributed by atoms with Gasteiger partial charge in [0.1, 0.15) is 0 Å². The smallest absolute Gasteiger partial charge is 0.331 e. The molecule has 2 aromatic heterocycles. The van der Waals surface area contributed by atoms with Gasteiger partial charge in [-0.15, -0.1) is 11.3 Å². The monoisotopic (exact) mass is 306 g/mol. The summed E-state index contributed by atoms with van der Waals surface area (Å²) in [6.45, 7) is -0.0286. The van der Waals surface area contributed by atoms with Crippen molar-refractivity contribution in [3.8, 4) is 0 Å². The molecule has 0 aliphatic carbocycles. The van der Waals surface area contributed by atoms with Gasteiger partial charge in [0.2, 0.25) is 11.9 Å². The van der Waals surface area contributed by atoms with Crippen LogP contribution in [0.15, 0.2) is 36.0 Å². The van der Waals surface area contributed by atoms with Gasteiger partial charge in [-0.1, -0.05) is 6.07 Å². The molecule has 110 valence electrons. The predicted octanol–water partition coefficient (Wildman–Crippen LogP) is 0.916. The summed E-state index contributed by atoms with van der Waals surface area (Å²) in [5.74, 6) is -1.11. The maximum absolute atomic E-state index is 12.0. The summed E-state index contributed by atoms with van der Waals surface area (Å²) in [7, 11) is 1.66. The number of nitrogens with one attached hydrogen (secondary N) is 1. The lowest BCUT2D eigenvalue weighted by atomic mass is 10.2. The van der Waals surface area contributed by atoms with Crippen molar-refractivity contribution < 1.29 is 14.7 Å². The molecule has 0 saturated carbocycles. The molecule has 1 unspecified atom stereocenters. The van der Waals surface area contributed by atoms with Crippen molar-refractivity contribution in [3.63, 3.8) is 0 Å². The number of amides is 1. The van der Waals surface area contributed by atoms with E-state index in [4.69, 9.17) is 0 Å². The fraction of sp³-hybridized carbons (Fsp3) is 0.231.